The number of amides is 1. The highest BCUT2D eigenvalue weighted by Crippen LogP contribution is 2.22. The second-order valence-electron chi connectivity index (χ2n) is 6.82. The van der Waals surface area contributed by atoms with Crippen LogP contribution in [0, 0.1) is 6.92 Å². The summed E-state index contributed by atoms with van der Waals surface area (Å²) in [6.07, 6.45) is 3.37. The maximum Gasteiger partial charge on any atom is 0.276 e. The number of hydrogen-bond donors (Lipinski definition) is 1. The number of carbonyl (C=O) groups excluding carboxylic acids is 1. The molecule has 0 fully saturated rings. The largest absolute Gasteiger partial charge is 0.471 e. The normalized spacial score (nSPS) is 10.7. The van der Waals surface area contributed by atoms with Gasteiger partial charge in [-0.25, -0.2) is 4.68 Å². The molecule has 2 aromatic carbocycles. The summed E-state index contributed by atoms with van der Waals surface area (Å²) >= 11 is 0. The summed E-state index contributed by atoms with van der Waals surface area (Å²) in [5, 5.41) is 11.4. The van der Waals surface area contributed by atoms with Crippen LogP contribution >= 0.6 is 0 Å². The van der Waals surface area contributed by atoms with E-state index in [0.29, 0.717) is 11.4 Å². The second kappa shape index (κ2) is 8.65. The first kappa shape index (κ1) is 19.4. The summed E-state index contributed by atoms with van der Waals surface area (Å²) in [4.78, 5) is 12.5. The lowest BCUT2D eigenvalue weighted by Crippen LogP contribution is -2.14. The van der Waals surface area contributed by atoms with Crippen molar-refractivity contribution in [1.82, 2.24) is 19.6 Å². The van der Waals surface area contributed by atoms with Crippen LogP contribution in [0.15, 0.2) is 73.1 Å². The fourth-order valence-electron chi connectivity index (χ4n) is 3.14. The second-order valence-corrected chi connectivity index (χ2v) is 6.82. The molecule has 0 saturated heterocycles. The van der Waals surface area contributed by atoms with Gasteiger partial charge in [-0.3, -0.25) is 9.48 Å². The molecule has 30 heavy (non-hydrogen) atoms. The Bertz CT molecular complexity index is 1130. The van der Waals surface area contributed by atoms with E-state index < -0.39 is 0 Å². The van der Waals surface area contributed by atoms with E-state index in [0.717, 1.165) is 29.1 Å². The minimum absolute atomic E-state index is 0.213. The van der Waals surface area contributed by atoms with E-state index in [1.165, 1.54) is 0 Å². The van der Waals surface area contributed by atoms with E-state index in [9.17, 15) is 4.79 Å². The number of ether oxygens (including phenoxy) is 1. The number of anilines is 1. The Balaban J connectivity index is 1.35. The molecule has 2 aromatic heterocycles. The van der Waals surface area contributed by atoms with E-state index >= 15 is 0 Å². The number of hydrogen-bond acceptors (Lipinski definition) is 4. The number of benzene rings is 2. The van der Waals surface area contributed by atoms with Gasteiger partial charge in [-0.2, -0.15) is 10.2 Å². The first-order chi connectivity index (χ1) is 14.6. The molecule has 0 radical (unpaired) electrons. The number of carbonyl (C=O) groups is 1. The summed E-state index contributed by atoms with van der Waals surface area (Å²) < 4.78 is 9.20. The molecular weight excluding hydrogens is 378 g/mol. The number of aryl methyl sites for hydroxylation is 1. The van der Waals surface area contributed by atoms with Gasteiger partial charge in [0, 0.05) is 12.7 Å². The van der Waals surface area contributed by atoms with Crippen LogP contribution in [0.5, 0.6) is 5.75 Å². The van der Waals surface area contributed by atoms with Crippen LogP contribution < -0.4 is 10.1 Å². The van der Waals surface area contributed by atoms with Crippen molar-refractivity contribution >= 4 is 11.6 Å². The molecule has 0 saturated carbocycles. The molecule has 1 N–H and O–H groups in total. The van der Waals surface area contributed by atoms with Gasteiger partial charge in [-0.1, -0.05) is 42.5 Å². The van der Waals surface area contributed by atoms with Crippen molar-refractivity contribution in [3.63, 3.8) is 0 Å². The Kier molecular flexibility index (Phi) is 5.61. The zero-order valence-corrected chi connectivity index (χ0v) is 16.9. The molecule has 0 aliphatic rings. The Labute approximate surface area is 174 Å². The summed E-state index contributed by atoms with van der Waals surface area (Å²) in [6.45, 7) is 4.88. The van der Waals surface area contributed by atoms with Crippen LogP contribution in [-0.4, -0.2) is 25.5 Å². The Morgan fingerprint density at radius 2 is 1.77 bits per heavy atom. The average Bonchev–Trinajstić information content (AvgIpc) is 3.40. The Morgan fingerprint density at radius 3 is 2.47 bits per heavy atom. The maximum atomic E-state index is 12.5. The van der Waals surface area contributed by atoms with Crippen molar-refractivity contribution in [2.45, 2.75) is 27.1 Å². The van der Waals surface area contributed by atoms with Gasteiger partial charge in [0.05, 0.1) is 17.6 Å². The van der Waals surface area contributed by atoms with Crippen LogP contribution in [0.3, 0.4) is 0 Å². The molecule has 2 heterocycles. The Hall–Kier alpha value is -3.87. The number of rotatable bonds is 7. The Morgan fingerprint density at radius 1 is 1.03 bits per heavy atom. The highest BCUT2D eigenvalue weighted by Gasteiger charge is 2.13. The zero-order valence-electron chi connectivity index (χ0n) is 16.9. The van der Waals surface area contributed by atoms with Gasteiger partial charge >= 0.3 is 0 Å². The van der Waals surface area contributed by atoms with E-state index in [2.05, 4.69) is 27.6 Å². The van der Waals surface area contributed by atoms with Gasteiger partial charge in [0.2, 0.25) is 0 Å². The third kappa shape index (κ3) is 4.25. The van der Waals surface area contributed by atoms with Crippen molar-refractivity contribution in [2.75, 3.05) is 5.32 Å². The summed E-state index contributed by atoms with van der Waals surface area (Å²) in [7, 11) is 0. The lowest BCUT2D eigenvalue weighted by molar-refractivity contribution is 0.102. The van der Waals surface area contributed by atoms with Crippen LogP contribution in [-0.2, 0) is 13.3 Å². The monoisotopic (exact) mass is 401 g/mol. The van der Waals surface area contributed by atoms with Gasteiger partial charge in [-0.15, -0.1) is 0 Å². The quantitative estimate of drug-likeness (QED) is 0.499. The van der Waals surface area contributed by atoms with Crippen LogP contribution in [0.1, 0.15) is 23.1 Å². The van der Waals surface area contributed by atoms with E-state index in [4.69, 9.17) is 4.74 Å². The average molecular weight is 401 g/mol. The van der Waals surface area contributed by atoms with Gasteiger partial charge in [0.15, 0.2) is 12.4 Å². The molecule has 7 nitrogen and oxygen atoms in total. The standard InChI is InChI=1S/C23H23N5O2/c1-3-28-17(2)22(15-24-28)25-23(29)21-13-14-27(26-21)16-30-20-11-9-19(10-12-20)18-7-5-4-6-8-18/h4-15H,3,16H2,1-2H3,(H,25,29). The molecule has 4 rings (SSSR count). The molecule has 152 valence electrons. The SMILES string of the molecule is CCn1ncc(NC(=O)c2ccn(COc3ccc(-c4ccccc4)cc3)n2)c1C. The van der Waals surface area contributed by atoms with Gasteiger partial charge in [-0.05, 0) is 43.2 Å². The molecule has 4 aromatic rings. The first-order valence-electron chi connectivity index (χ1n) is 9.79. The maximum absolute atomic E-state index is 12.5. The molecule has 1 amide bonds. The fraction of sp³-hybridized carbons (Fsp3) is 0.174. The lowest BCUT2D eigenvalue weighted by Gasteiger charge is -2.08. The van der Waals surface area contributed by atoms with Crippen molar-refractivity contribution in [3.05, 3.63) is 84.4 Å². The summed E-state index contributed by atoms with van der Waals surface area (Å²) in [5.41, 5.74) is 4.20. The van der Waals surface area contributed by atoms with Crippen LogP contribution in [0.2, 0.25) is 0 Å². The minimum atomic E-state index is -0.278. The van der Waals surface area contributed by atoms with Crippen LogP contribution in [0.4, 0.5) is 5.69 Å². The molecule has 0 atom stereocenters. The fourth-order valence-corrected chi connectivity index (χ4v) is 3.14. The van der Waals surface area contributed by atoms with Crippen molar-refractivity contribution in [3.8, 4) is 16.9 Å². The third-order valence-corrected chi connectivity index (χ3v) is 4.85. The zero-order chi connectivity index (χ0) is 20.9. The molecule has 0 aliphatic heterocycles. The topological polar surface area (TPSA) is 74.0 Å². The molecule has 7 heteroatoms. The lowest BCUT2D eigenvalue weighted by atomic mass is 10.1. The van der Waals surface area contributed by atoms with E-state index in [1.807, 2.05) is 61.0 Å². The summed E-state index contributed by atoms with van der Waals surface area (Å²) in [6, 6.07) is 19.7. The van der Waals surface area contributed by atoms with Crippen molar-refractivity contribution < 1.29 is 9.53 Å². The minimum Gasteiger partial charge on any atom is -0.471 e. The van der Waals surface area contributed by atoms with Crippen molar-refractivity contribution in [2.24, 2.45) is 0 Å². The number of nitrogens with one attached hydrogen (secondary N) is 1. The predicted molar refractivity (Wildman–Crippen MR) is 115 cm³/mol. The van der Waals surface area contributed by atoms with Crippen molar-refractivity contribution in [1.29, 1.82) is 0 Å². The van der Waals surface area contributed by atoms with Gasteiger partial charge in [0.1, 0.15) is 5.75 Å². The highest BCUT2D eigenvalue weighted by atomic mass is 16.5. The molecular formula is C23H23N5O2. The van der Waals surface area contributed by atoms with E-state index in [-0.39, 0.29) is 12.6 Å². The number of nitrogens with zero attached hydrogens (tertiary/aromatic N) is 4. The smallest absolute Gasteiger partial charge is 0.276 e. The molecule has 0 unspecified atom stereocenters. The number of aromatic nitrogens is 4. The predicted octanol–water partition coefficient (Wildman–Crippen LogP) is 4.36. The third-order valence-electron chi connectivity index (χ3n) is 4.85. The van der Waals surface area contributed by atoms with Gasteiger partial charge in [0.25, 0.3) is 5.91 Å². The van der Waals surface area contributed by atoms with E-state index in [1.54, 1.807) is 23.1 Å². The molecule has 0 bridgehead atoms. The molecule has 0 aliphatic carbocycles. The van der Waals surface area contributed by atoms with Crippen LogP contribution in [0.25, 0.3) is 11.1 Å². The molecule has 0 spiro atoms. The first-order valence-corrected chi connectivity index (χ1v) is 9.79. The highest BCUT2D eigenvalue weighted by molar-refractivity contribution is 6.03. The van der Waals surface area contributed by atoms with Gasteiger partial charge < -0.3 is 10.1 Å². The summed E-state index contributed by atoms with van der Waals surface area (Å²) in [5.74, 6) is 0.457.